The van der Waals surface area contributed by atoms with Crippen LogP contribution in [0, 0.1) is 12.3 Å². The lowest BCUT2D eigenvalue weighted by molar-refractivity contribution is -0.135. The molecule has 1 aromatic heterocycles. The third-order valence-electron chi connectivity index (χ3n) is 2.64. The van der Waals surface area contributed by atoms with E-state index in [1.807, 2.05) is 24.3 Å². The molecule has 0 spiro atoms. The smallest absolute Gasteiger partial charge is 0.323 e. The molecule has 2 aromatic rings. The Morgan fingerprint density at radius 2 is 2.21 bits per heavy atom. The average Bonchev–Trinajstić information content (AvgIpc) is 2.38. The highest BCUT2D eigenvalue weighted by atomic mass is 79.9. The number of carboxylic acids is 1. The minimum Gasteiger partial charge on any atom is -0.480 e. The van der Waals surface area contributed by atoms with Crippen LogP contribution in [-0.2, 0) is 4.79 Å². The molecule has 0 aliphatic rings. The Labute approximate surface area is 119 Å². The SMILES string of the molecule is C#CCN(CC(=O)O)c1nccc2c(Br)cccc12. The van der Waals surface area contributed by atoms with Gasteiger partial charge in [-0.15, -0.1) is 6.42 Å². The van der Waals surface area contributed by atoms with Crippen molar-refractivity contribution in [2.75, 3.05) is 18.0 Å². The van der Waals surface area contributed by atoms with Crippen LogP contribution in [0.15, 0.2) is 34.9 Å². The third-order valence-corrected chi connectivity index (χ3v) is 3.33. The third kappa shape index (κ3) is 2.85. The molecule has 1 aromatic carbocycles. The summed E-state index contributed by atoms with van der Waals surface area (Å²) in [5, 5.41) is 10.8. The maximum absolute atomic E-state index is 10.9. The predicted octanol–water partition coefficient (Wildman–Crippen LogP) is 2.52. The maximum Gasteiger partial charge on any atom is 0.323 e. The lowest BCUT2D eigenvalue weighted by Crippen LogP contribution is -2.30. The van der Waals surface area contributed by atoms with E-state index in [0.29, 0.717) is 5.82 Å². The van der Waals surface area contributed by atoms with Gasteiger partial charge in [0.15, 0.2) is 0 Å². The van der Waals surface area contributed by atoms with Gasteiger partial charge in [-0.1, -0.05) is 34.0 Å². The largest absolute Gasteiger partial charge is 0.480 e. The van der Waals surface area contributed by atoms with E-state index in [4.69, 9.17) is 11.5 Å². The molecule has 1 N–H and O–H groups in total. The quantitative estimate of drug-likeness (QED) is 0.880. The van der Waals surface area contributed by atoms with Gasteiger partial charge in [-0.05, 0) is 12.1 Å². The van der Waals surface area contributed by atoms with Crippen LogP contribution in [0.5, 0.6) is 0 Å². The van der Waals surface area contributed by atoms with Crippen molar-refractivity contribution < 1.29 is 9.90 Å². The van der Waals surface area contributed by atoms with Crippen LogP contribution in [0.4, 0.5) is 5.82 Å². The Balaban J connectivity index is 2.56. The molecular weight excluding hydrogens is 308 g/mol. The van der Waals surface area contributed by atoms with Crippen LogP contribution in [0.3, 0.4) is 0 Å². The minimum atomic E-state index is -0.941. The van der Waals surface area contributed by atoms with E-state index in [1.165, 1.54) is 0 Å². The van der Waals surface area contributed by atoms with E-state index < -0.39 is 5.97 Å². The second-order valence-electron chi connectivity index (χ2n) is 3.92. The number of hydrogen-bond donors (Lipinski definition) is 1. The van der Waals surface area contributed by atoms with Crippen molar-refractivity contribution in [2.24, 2.45) is 0 Å². The van der Waals surface area contributed by atoms with Crippen LogP contribution in [-0.4, -0.2) is 29.1 Å². The number of carboxylic acid groups (broad SMARTS) is 1. The van der Waals surface area contributed by atoms with E-state index in [0.717, 1.165) is 15.2 Å². The van der Waals surface area contributed by atoms with Gasteiger partial charge in [0.25, 0.3) is 0 Å². The number of hydrogen-bond acceptors (Lipinski definition) is 3. The number of aliphatic carboxylic acids is 1. The molecule has 0 bridgehead atoms. The van der Waals surface area contributed by atoms with Gasteiger partial charge in [0.1, 0.15) is 12.4 Å². The predicted molar refractivity (Wildman–Crippen MR) is 78.1 cm³/mol. The number of aromatic nitrogens is 1. The summed E-state index contributed by atoms with van der Waals surface area (Å²) < 4.78 is 0.935. The molecule has 0 fully saturated rings. The van der Waals surface area contributed by atoms with E-state index in [-0.39, 0.29) is 13.1 Å². The van der Waals surface area contributed by atoms with Gasteiger partial charge < -0.3 is 10.0 Å². The van der Waals surface area contributed by atoms with E-state index in [2.05, 4.69) is 26.8 Å². The number of fused-ring (bicyclic) bond motifs is 1. The standard InChI is InChI=1S/C14H11BrN2O2/c1-2-8-17(9-13(18)19)14-11-4-3-5-12(15)10(11)6-7-16-14/h1,3-7H,8-9H2,(H,18,19). The van der Waals surface area contributed by atoms with Crippen LogP contribution in [0.25, 0.3) is 10.8 Å². The molecule has 0 aliphatic heterocycles. The number of rotatable bonds is 4. The summed E-state index contributed by atoms with van der Waals surface area (Å²) in [6, 6.07) is 7.58. The fourth-order valence-electron chi connectivity index (χ4n) is 1.88. The van der Waals surface area contributed by atoms with E-state index >= 15 is 0 Å². The summed E-state index contributed by atoms with van der Waals surface area (Å²) in [5.41, 5.74) is 0. The lowest BCUT2D eigenvalue weighted by Gasteiger charge is -2.20. The molecule has 96 valence electrons. The van der Waals surface area contributed by atoms with Crippen molar-refractivity contribution in [3.63, 3.8) is 0 Å². The van der Waals surface area contributed by atoms with Crippen molar-refractivity contribution in [3.8, 4) is 12.3 Å². The number of anilines is 1. The number of benzene rings is 1. The second-order valence-corrected chi connectivity index (χ2v) is 4.78. The van der Waals surface area contributed by atoms with Crippen molar-refractivity contribution in [1.29, 1.82) is 0 Å². The van der Waals surface area contributed by atoms with Crippen LogP contribution in [0.1, 0.15) is 0 Å². The molecule has 4 nitrogen and oxygen atoms in total. The number of terminal acetylenes is 1. The molecule has 1 heterocycles. The van der Waals surface area contributed by atoms with E-state index in [9.17, 15) is 4.79 Å². The van der Waals surface area contributed by atoms with Crippen molar-refractivity contribution in [1.82, 2.24) is 4.98 Å². The normalized spacial score (nSPS) is 10.1. The summed E-state index contributed by atoms with van der Waals surface area (Å²) in [6.45, 7) is 0.0216. The molecule has 0 atom stereocenters. The summed E-state index contributed by atoms with van der Waals surface area (Å²) >= 11 is 3.47. The van der Waals surface area contributed by atoms with Gasteiger partial charge in [0.2, 0.25) is 0 Å². The summed E-state index contributed by atoms with van der Waals surface area (Å²) in [7, 11) is 0. The fraction of sp³-hybridized carbons (Fsp3) is 0.143. The van der Waals surface area contributed by atoms with Crippen LogP contribution in [0.2, 0.25) is 0 Å². The number of nitrogens with zero attached hydrogens (tertiary/aromatic N) is 2. The molecule has 0 unspecified atom stereocenters. The van der Waals surface area contributed by atoms with Gasteiger partial charge in [0.05, 0.1) is 6.54 Å². The van der Waals surface area contributed by atoms with Crippen molar-refractivity contribution in [2.45, 2.75) is 0 Å². The first kappa shape index (κ1) is 13.4. The summed E-state index contributed by atoms with van der Waals surface area (Å²) in [4.78, 5) is 16.7. The molecule has 0 saturated carbocycles. The zero-order valence-corrected chi connectivity index (χ0v) is 11.6. The average molecular weight is 319 g/mol. The van der Waals surface area contributed by atoms with Gasteiger partial charge >= 0.3 is 5.97 Å². The van der Waals surface area contributed by atoms with Gasteiger partial charge in [-0.25, -0.2) is 4.98 Å². The first-order valence-electron chi connectivity index (χ1n) is 5.57. The second kappa shape index (κ2) is 5.72. The minimum absolute atomic E-state index is 0.178. The monoisotopic (exact) mass is 318 g/mol. The van der Waals surface area contributed by atoms with E-state index in [1.54, 1.807) is 11.1 Å². The summed E-state index contributed by atoms with van der Waals surface area (Å²) in [6.07, 6.45) is 6.94. The molecule has 2 rings (SSSR count). The molecule has 0 radical (unpaired) electrons. The zero-order valence-electron chi connectivity index (χ0n) is 10.0. The highest BCUT2D eigenvalue weighted by Gasteiger charge is 2.14. The Hall–Kier alpha value is -2.06. The first-order chi connectivity index (χ1) is 9.13. The van der Waals surface area contributed by atoms with Gasteiger partial charge in [0, 0.05) is 21.4 Å². The maximum atomic E-state index is 10.9. The first-order valence-corrected chi connectivity index (χ1v) is 6.36. The fourth-order valence-corrected chi connectivity index (χ4v) is 2.38. The number of pyridine rings is 1. The molecule has 5 heteroatoms. The molecule has 0 aliphatic carbocycles. The summed E-state index contributed by atoms with van der Waals surface area (Å²) in [5.74, 6) is 2.10. The molecular formula is C14H11BrN2O2. The lowest BCUT2D eigenvalue weighted by atomic mass is 10.1. The Bertz CT molecular complexity index is 664. The molecule has 0 amide bonds. The van der Waals surface area contributed by atoms with Crippen LogP contribution >= 0.6 is 15.9 Å². The Morgan fingerprint density at radius 3 is 2.89 bits per heavy atom. The topological polar surface area (TPSA) is 53.4 Å². The van der Waals surface area contributed by atoms with Gasteiger partial charge in [-0.3, -0.25) is 4.79 Å². The Morgan fingerprint density at radius 1 is 1.42 bits per heavy atom. The van der Waals surface area contributed by atoms with Crippen molar-refractivity contribution in [3.05, 3.63) is 34.9 Å². The highest BCUT2D eigenvalue weighted by Crippen LogP contribution is 2.29. The molecule has 0 saturated heterocycles. The number of halogens is 1. The Kier molecular flexibility index (Phi) is 4.03. The highest BCUT2D eigenvalue weighted by molar-refractivity contribution is 9.10. The zero-order chi connectivity index (χ0) is 13.8. The van der Waals surface area contributed by atoms with Crippen LogP contribution < -0.4 is 4.90 Å². The van der Waals surface area contributed by atoms with Crippen molar-refractivity contribution >= 4 is 38.5 Å². The molecule has 19 heavy (non-hydrogen) atoms. The number of carbonyl (C=O) groups is 1. The van der Waals surface area contributed by atoms with Gasteiger partial charge in [-0.2, -0.15) is 0 Å².